The molecule has 4 rings (SSSR count). The maximum atomic E-state index is 13.2. The van der Waals surface area contributed by atoms with Crippen molar-refractivity contribution >= 4 is 32.7 Å². The minimum absolute atomic E-state index is 0.0459. The highest BCUT2D eigenvalue weighted by atomic mass is 32.2. The van der Waals surface area contributed by atoms with Crippen LogP contribution in [0.4, 0.5) is 0 Å². The Morgan fingerprint density at radius 3 is 2.53 bits per heavy atom. The van der Waals surface area contributed by atoms with Crippen molar-refractivity contribution in [2.75, 3.05) is 39.5 Å². The van der Waals surface area contributed by atoms with Crippen LogP contribution in [0.1, 0.15) is 25.7 Å². The fourth-order valence-corrected chi connectivity index (χ4v) is 6.18. The van der Waals surface area contributed by atoms with Gasteiger partial charge in [-0.05, 0) is 54.5 Å². The van der Waals surface area contributed by atoms with Crippen LogP contribution >= 0.6 is 0 Å². The van der Waals surface area contributed by atoms with Crippen LogP contribution in [-0.4, -0.2) is 86.7 Å². The van der Waals surface area contributed by atoms with Crippen LogP contribution in [0.3, 0.4) is 0 Å². The van der Waals surface area contributed by atoms with Gasteiger partial charge < -0.3 is 25.4 Å². The summed E-state index contributed by atoms with van der Waals surface area (Å²) in [5, 5.41) is 19.1. The predicted molar refractivity (Wildman–Crippen MR) is 137 cm³/mol. The van der Waals surface area contributed by atoms with Gasteiger partial charge in [-0.15, -0.1) is 0 Å². The molecule has 0 radical (unpaired) electrons. The third-order valence-corrected chi connectivity index (χ3v) is 8.56. The standard InChI is InChI=1S/C25H35N5O5S/c26-25(27)29-12-9-18(10-13-29)16-35-17-21-6-3-11-30(21)24(32)23(15-31)28-36(33,34)22-8-7-19-4-1-2-5-20(19)14-22/h1-2,4-5,7-8,14,18,21,23,28,31H,3,6,9-13,15-17H2,(H3,26,27)/t21-,23+/m0/s1. The van der Waals surface area contributed by atoms with Gasteiger partial charge in [0.1, 0.15) is 6.04 Å². The summed E-state index contributed by atoms with van der Waals surface area (Å²) in [5.41, 5.74) is 5.55. The monoisotopic (exact) mass is 517 g/mol. The molecule has 0 bridgehead atoms. The average molecular weight is 518 g/mol. The lowest BCUT2D eigenvalue weighted by Gasteiger charge is -2.32. The van der Waals surface area contributed by atoms with Gasteiger partial charge in [0.15, 0.2) is 5.96 Å². The van der Waals surface area contributed by atoms with Gasteiger partial charge in [0.25, 0.3) is 0 Å². The van der Waals surface area contributed by atoms with Gasteiger partial charge in [0, 0.05) is 26.2 Å². The lowest BCUT2D eigenvalue weighted by Crippen LogP contribution is -2.52. The van der Waals surface area contributed by atoms with Crippen LogP contribution in [0.5, 0.6) is 0 Å². The number of piperidine rings is 1. The molecule has 2 saturated heterocycles. The van der Waals surface area contributed by atoms with Crippen molar-refractivity contribution in [2.45, 2.75) is 42.7 Å². The van der Waals surface area contributed by atoms with Gasteiger partial charge >= 0.3 is 0 Å². The molecule has 2 aliphatic rings. The topological polar surface area (TPSA) is 149 Å². The van der Waals surface area contributed by atoms with Crippen molar-refractivity contribution < 1.29 is 23.1 Å². The maximum Gasteiger partial charge on any atom is 0.243 e. The van der Waals surface area contributed by atoms with Crippen molar-refractivity contribution in [1.29, 1.82) is 5.41 Å². The number of aliphatic hydroxyl groups is 1. The maximum absolute atomic E-state index is 13.2. The number of sulfonamides is 1. The van der Waals surface area contributed by atoms with E-state index in [0.717, 1.165) is 49.5 Å². The van der Waals surface area contributed by atoms with Crippen molar-refractivity contribution in [1.82, 2.24) is 14.5 Å². The lowest BCUT2D eigenvalue weighted by atomic mass is 9.98. The Hall–Kier alpha value is -2.73. The van der Waals surface area contributed by atoms with Crippen molar-refractivity contribution in [3.05, 3.63) is 42.5 Å². The van der Waals surface area contributed by atoms with E-state index in [2.05, 4.69) is 4.72 Å². The number of likely N-dealkylation sites (tertiary alicyclic amines) is 2. The highest BCUT2D eigenvalue weighted by Crippen LogP contribution is 2.23. The van der Waals surface area contributed by atoms with Crippen molar-refractivity contribution in [2.24, 2.45) is 11.7 Å². The summed E-state index contributed by atoms with van der Waals surface area (Å²) < 4.78 is 34.4. The Morgan fingerprint density at radius 1 is 1.11 bits per heavy atom. The summed E-state index contributed by atoms with van der Waals surface area (Å²) in [5.74, 6) is 0.0389. The third-order valence-electron chi connectivity index (χ3n) is 7.09. The number of nitrogens with two attached hydrogens (primary N) is 1. The van der Waals surface area contributed by atoms with Gasteiger partial charge in [0.2, 0.25) is 15.9 Å². The largest absolute Gasteiger partial charge is 0.394 e. The quantitative estimate of drug-likeness (QED) is 0.287. The normalized spacial score (nSPS) is 20.1. The molecular weight excluding hydrogens is 482 g/mol. The van der Waals surface area contributed by atoms with E-state index in [0.29, 0.717) is 25.7 Å². The zero-order chi connectivity index (χ0) is 25.7. The molecule has 0 unspecified atom stereocenters. The Labute approximate surface area is 212 Å². The number of ether oxygens (including phenoxy) is 1. The minimum Gasteiger partial charge on any atom is -0.394 e. The molecule has 2 atom stereocenters. The number of amides is 1. The van der Waals surface area contributed by atoms with E-state index in [1.54, 1.807) is 17.0 Å². The summed E-state index contributed by atoms with van der Waals surface area (Å²) in [4.78, 5) is 16.7. The molecule has 0 saturated carbocycles. The summed E-state index contributed by atoms with van der Waals surface area (Å²) in [6, 6.07) is 10.8. The zero-order valence-electron chi connectivity index (χ0n) is 20.3. The molecule has 0 aliphatic carbocycles. The number of nitrogens with one attached hydrogen (secondary N) is 2. The van der Waals surface area contributed by atoms with E-state index in [9.17, 15) is 18.3 Å². The third kappa shape index (κ3) is 6.15. The molecule has 11 heteroatoms. The SMILES string of the molecule is N=C(N)N1CCC(COC[C@@H]2CCCN2C(=O)[C@@H](CO)NS(=O)(=O)c2ccc3ccccc3c2)CC1. The van der Waals surface area contributed by atoms with Gasteiger partial charge in [-0.25, -0.2) is 8.42 Å². The molecule has 2 aliphatic heterocycles. The lowest BCUT2D eigenvalue weighted by molar-refractivity contribution is -0.136. The number of nitrogens with zero attached hydrogens (tertiary/aromatic N) is 2. The Balaban J connectivity index is 1.33. The highest BCUT2D eigenvalue weighted by molar-refractivity contribution is 7.89. The molecule has 1 amide bonds. The summed E-state index contributed by atoms with van der Waals surface area (Å²) in [6.07, 6.45) is 3.36. The molecule has 196 valence electrons. The molecule has 2 aromatic carbocycles. The smallest absolute Gasteiger partial charge is 0.243 e. The number of fused-ring (bicyclic) bond motifs is 1. The van der Waals surface area contributed by atoms with E-state index in [1.807, 2.05) is 29.2 Å². The fraction of sp³-hybridized carbons (Fsp3) is 0.520. The average Bonchev–Trinajstić information content (AvgIpc) is 3.35. The molecule has 0 aromatic heterocycles. The number of benzene rings is 2. The summed E-state index contributed by atoms with van der Waals surface area (Å²) >= 11 is 0. The molecule has 10 nitrogen and oxygen atoms in total. The molecule has 2 heterocycles. The second kappa shape index (κ2) is 11.5. The fourth-order valence-electron chi connectivity index (χ4n) is 4.97. The number of carbonyl (C=O) groups is 1. The van der Waals surface area contributed by atoms with E-state index >= 15 is 0 Å². The van der Waals surface area contributed by atoms with Crippen LogP contribution in [0, 0.1) is 11.3 Å². The van der Waals surface area contributed by atoms with Gasteiger partial charge in [-0.3, -0.25) is 10.2 Å². The van der Waals surface area contributed by atoms with Crippen LogP contribution in [-0.2, 0) is 19.6 Å². The molecular formula is C25H35N5O5S. The number of rotatable bonds is 9. The first-order chi connectivity index (χ1) is 17.3. The van der Waals surface area contributed by atoms with E-state index in [1.165, 1.54) is 6.07 Å². The molecule has 36 heavy (non-hydrogen) atoms. The molecule has 0 spiro atoms. The molecule has 2 aromatic rings. The first-order valence-corrected chi connectivity index (χ1v) is 13.9. The van der Waals surface area contributed by atoms with Crippen LogP contribution in [0.2, 0.25) is 0 Å². The van der Waals surface area contributed by atoms with Gasteiger partial charge in [-0.1, -0.05) is 30.3 Å². The predicted octanol–water partition coefficient (Wildman–Crippen LogP) is 1.09. The molecule has 5 N–H and O–H groups in total. The number of hydrogen-bond acceptors (Lipinski definition) is 6. The first-order valence-electron chi connectivity index (χ1n) is 12.4. The second-order valence-corrected chi connectivity index (χ2v) is 11.3. The van der Waals surface area contributed by atoms with Crippen LogP contribution in [0.15, 0.2) is 47.4 Å². The highest BCUT2D eigenvalue weighted by Gasteiger charge is 2.35. The number of aliphatic hydroxyl groups excluding tert-OH is 1. The van der Waals surface area contributed by atoms with Gasteiger partial charge in [-0.2, -0.15) is 4.72 Å². The minimum atomic E-state index is -4.01. The number of guanidine groups is 1. The number of carbonyl (C=O) groups excluding carboxylic acids is 1. The first kappa shape index (κ1) is 26.3. The molecule has 2 fully saturated rings. The van der Waals surface area contributed by atoms with Crippen LogP contribution < -0.4 is 10.5 Å². The summed E-state index contributed by atoms with van der Waals surface area (Å²) in [6.45, 7) is 2.29. The Kier molecular flexibility index (Phi) is 8.45. The second-order valence-electron chi connectivity index (χ2n) is 9.55. The van der Waals surface area contributed by atoms with Crippen molar-refractivity contribution in [3.8, 4) is 0 Å². The van der Waals surface area contributed by atoms with E-state index in [4.69, 9.17) is 15.9 Å². The van der Waals surface area contributed by atoms with Crippen molar-refractivity contribution in [3.63, 3.8) is 0 Å². The Bertz CT molecular complexity index is 1180. The van der Waals surface area contributed by atoms with Gasteiger partial charge in [0.05, 0.1) is 24.2 Å². The van der Waals surface area contributed by atoms with E-state index in [-0.39, 0.29) is 16.9 Å². The van der Waals surface area contributed by atoms with E-state index < -0.39 is 28.6 Å². The van der Waals surface area contributed by atoms with Crippen LogP contribution in [0.25, 0.3) is 10.8 Å². The summed E-state index contributed by atoms with van der Waals surface area (Å²) in [7, 11) is -4.01. The number of hydrogen-bond donors (Lipinski definition) is 4. The zero-order valence-corrected chi connectivity index (χ0v) is 21.1. The Morgan fingerprint density at radius 2 is 1.83 bits per heavy atom.